The smallest absolute Gasteiger partial charge is 0.248 e. The molecule has 2 rings (SSSR count). The van der Waals surface area contributed by atoms with Gasteiger partial charge in [0, 0.05) is 17.4 Å². The summed E-state index contributed by atoms with van der Waals surface area (Å²) in [6.07, 6.45) is 0. The van der Waals surface area contributed by atoms with E-state index in [1.54, 1.807) is 16.7 Å². The van der Waals surface area contributed by atoms with Crippen LogP contribution in [0.4, 0.5) is 5.69 Å². The van der Waals surface area contributed by atoms with Crippen LogP contribution in [0, 0.1) is 19.8 Å². The van der Waals surface area contributed by atoms with Crippen molar-refractivity contribution >= 4 is 29.3 Å². The molecule has 5 heteroatoms. The van der Waals surface area contributed by atoms with Crippen LogP contribution >= 0.6 is 11.8 Å². The lowest BCUT2D eigenvalue weighted by atomic mass is 10.1. The molecule has 0 spiro atoms. The van der Waals surface area contributed by atoms with Gasteiger partial charge in [-0.25, -0.2) is 0 Å². The van der Waals surface area contributed by atoms with Gasteiger partial charge in [0.1, 0.15) is 6.04 Å². The van der Waals surface area contributed by atoms with Crippen molar-refractivity contribution in [1.29, 1.82) is 0 Å². The standard InChI is InChI=1S/C16H22N2O2S/c1-10(2)16(20)18-9-21-8-14(18)15(19)17-13-7-5-6-11(3)12(13)4/h5-7,10,14H,8-9H2,1-4H3,(H,17,19). The molecule has 114 valence electrons. The maximum Gasteiger partial charge on any atom is 0.248 e. The largest absolute Gasteiger partial charge is 0.324 e. The monoisotopic (exact) mass is 306 g/mol. The molecule has 1 aromatic carbocycles. The minimum atomic E-state index is -0.371. The summed E-state index contributed by atoms with van der Waals surface area (Å²) in [6.45, 7) is 7.74. The first-order chi connectivity index (χ1) is 9.91. The van der Waals surface area contributed by atoms with Crippen molar-refractivity contribution in [3.63, 3.8) is 0 Å². The molecule has 1 aliphatic rings. The van der Waals surface area contributed by atoms with Crippen LogP contribution in [0.2, 0.25) is 0 Å². The number of carbonyl (C=O) groups is 2. The number of rotatable bonds is 3. The Labute approximate surface area is 130 Å². The zero-order valence-corrected chi connectivity index (χ0v) is 13.8. The van der Waals surface area contributed by atoms with Crippen LogP contribution in [0.1, 0.15) is 25.0 Å². The lowest BCUT2D eigenvalue weighted by Gasteiger charge is -2.25. The van der Waals surface area contributed by atoms with Crippen LogP contribution in [0.15, 0.2) is 18.2 Å². The number of nitrogens with one attached hydrogen (secondary N) is 1. The lowest BCUT2D eigenvalue weighted by Crippen LogP contribution is -2.46. The Hall–Kier alpha value is -1.49. The Morgan fingerprint density at radius 1 is 1.33 bits per heavy atom. The van der Waals surface area contributed by atoms with E-state index in [1.807, 2.05) is 45.9 Å². The van der Waals surface area contributed by atoms with Crippen molar-refractivity contribution in [2.75, 3.05) is 16.9 Å². The first-order valence-electron chi connectivity index (χ1n) is 7.17. The fourth-order valence-corrected chi connectivity index (χ4v) is 3.48. The third-order valence-electron chi connectivity index (χ3n) is 3.82. The number of aryl methyl sites for hydroxylation is 1. The van der Waals surface area contributed by atoms with E-state index in [2.05, 4.69) is 5.32 Å². The highest BCUT2D eigenvalue weighted by Gasteiger charge is 2.35. The quantitative estimate of drug-likeness (QED) is 0.934. The zero-order chi connectivity index (χ0) is 15.6. The molecule has 1 N–H and O–H groups in total. The van der Waals surface area contributed by atoms with Gasteiger partial charge in [-0.05, 0) is 31.0 Å². The maximum atomic E-state index is 12.5. The SMILES string of the molecule is Cc1cccc(NC(=O)C2CSCN2C(=O)C(C)C)c1C. The van der Waals surface area contributed by atoms with Gasteiger partial charge < -0.3 is 10.2 Å². The molecule has 4 nitrogen and oxygen atoms in total. The van der Waals surface area contributed by atoms with Crippen molar-refractivity contribution in [3.8, 4) is 0 Å². The number of nitrogens with zero attached hydrogens (tertiary/aromatic N) is 1. The molecule has 0 radical (unpaired) electrons. The normalized spacial score (nSPS) is 18.1. The summed E-state index contributed by atoms with van der Waals surface area (Å²) >= 11 is 1.63. The Kier molecular flexibility index (Phi) is 4.93. The fraction of sp³-hybridized carbons (Fsp3) is 0.500. The number of anilines is 1. The Bertz CT molecular complexity index is 557. The number of thioether (sulfide) groups is 1. The van der Waals surface area contributed by atoms with Crippen LogP contribution in [0.3, 0.4) is 0 Å². The van der Waals surface area contributed by atoms with E-state index < -0.39 is 0 Å². The molecule has 0 bridgehead atoms. The van der Waals surface area contributed by atoms with Gasteiger partial charge in [0.05, 0.1) is 5.88 Å². The van der Waals surface area contributed by atoms with Crippen LogP contribution in [-0.2, 0) is 9.59 Å². The molecule has 0 aromatic heterocycles. The Morgan fingerprint density at radius 3 is 2.71 bits per heavy atom. The Morgan fingerprint density at radius 2 is 2.05 bits per heavy atom. The third-order valence-corrected chi connectivity index (χ3v) is 4.84. The summed E-state index contributed by atoms with van der Waals surface area (Å²) in [5.74, 6) is 1.13. The summed E-state index contributed by atoms with van der Waals surface area (Å²) in [4.78, 5) is 26.4. The number of amides is 2. The minimum Gasteiger partial charge on any atom is -0.324 e. The second kappa shape index (κ2) is 6.52. The van der Waals surface area contributed by atoms with Crippen molar-refractivity contribution in [2.24, 2.45) is 5.92 Å². The lowest BCUT2D eigenvalue weighted by molar-refractivity contribution is -0.138. The van der Waals surface area contributed by atoms with Gasteiger partial charge in [0.15, 0.2) is 0 Å². The summed E-state index contributed by atoms with van der Waals surface area (Å²) in [5.41, 5.74) is 3.04. The first kappa shape index (κ1) is 15.9. The molecule has 1 aromatic rings. The number of benzene rings is 1. The van der Waals surface area contributed by atoms with E-state index in [0.717, 1.165) is 16.8 Å². The van der Waals surface area contributed by atoms with Gasteiger partial charge >= 0.3 is 0 Å². The number of hydrogen-bond donors (Lipinski definition) is 1. The van der Waals surface area contributed by atoms with Crippen molar-refractivity contribution in [2.45, 2.75) is 33.7 Å². The van der Waals surface area contributed by atoms with Gasteiger partial charge in [-0.15, -0.1) is 11.8 Å². The van der Waals surface area contributed by atoms with Crippen LogP contribution in [-0.4, -0.2) is 34.4 Å². The fourth-order valence-electron chi connectivity index (χ4n) is 2.31. The summed E-state index contributed by atoms with van der Waals surface area (Å²) in [5, 5.41) is 2.97. The van der Waals surface area contributed by atoms with Crippen LogP contribution < -0.4 is 5.32 Å². The average molecular weight is 306 g/mol. The predicted molar refractivity (Wildman–Crippen MR) is 87.3 cm³/mol. The highest BCUT2D eigenvalue weighted by molar-refractivity contribution is 7.99. The second-order valence-electron chi connectivity index (χ2n) is 5.72. The molecule has 1 unspecified atom stereocenters. The topological polar surface area (TPSA) is 49.4 Å². The molecule has 2 amide bonds. The Balaban J connectivity index is 2.12. The maximum absolute atomic E-state index is 12.5. The molecule has 1 fully saturated rings. The summed E-state index contributed by atoms with van der Waals surface area (Å²) in [6, 6.07) is 5.48. The number of hydrogen-bond acceptors (Lipinski definition) is 3. The zero-order valence-electron chi connectivity index (χ0n) is 13.0. The van der Waals surface area contributed by atoms with E-state index in [1.165, 1.54) is 0 Å². The summed E-state index contributed by atoms with van der Waals surface area (Å²) in [7, 11) is 0. The molecule has 1 heterocycles. The first-order valence-corrected chi connectivity index (χ1v) is 8.32. The third kappa shape index (κ3) is 3.40. The van der Waals surface area contributed by atoms with Gasteiger partial charge in [-0.1, -0.05) is 26.0 Å². The molecular formula is C16H22N2O2S. The molecule has 0 saturated carbocycles. The van der Waals surface area contributed by atoms with E-state index in [-0.39, 0.29) is 23.8 Å². The molecule has 0 aliphatic carbocycles. The van der Waals surface area contributed by atoms with E-state index in [4.69, 9.17) is 0 Å². The van der Waals surface area contributed by atoms with Crippen molar-refractivity contribution < 1.29 is 9.59 Å². The van der Waals surface area contributed by atoms with Crippen LogP contribution in [0.25, 0.3) is 0 Å². The molecule has 21 heavy (non-hydrogen) atoms. The van der Waals surface area contributed by atoms with E-state index in [0.29, 0.717) is 11.6 Å². The van der Waals surface area contributed by atoms with Crippen molar-refractivity contribution in [3.05, 3.63) is 29.3 Å². The van der Waals surface area contributed by atoms with E-state index in [9.17, 15) is 9.59 Å². The van der Waals surface area contributed by atoms with Gasteiger partial charge in [-0.2, -0.15) is 0 Å². The van der Waals surface area contributed by atoms with E-state index >= 15 is 0 Å². The molecular weight excluding hydrogens is 284 g/mol. The second-order valence-corrected chi connectivity index (χ2v) is 6.71. The minimum absolute atomic E-state index is 0.0427. The van der Waals surface area contributed by atoms with Gasteiger partial charge in [0.25, 0.3) is 0 Å². The van der Waals surface area contributed by atoms with Crippen molar-refractivity contribution in [1.82, 2.24) is 4.90 Å². The molecule has 1 aliphatic heterocycles. The van der Waals surface area contributed by atoms with Gasteiger partial charge in [-0.3, -0.25) is 9.59 Å². The highest BCUT2D eigenvalue weighted by Crippen LogP contribution is 2.25. The molecule has 1 atom stereocenters. The van der Waals surface area contributed by atoms with Crippen LogP contribution in [0.5, 0.6) is 0 Å². The average Bonchev–Trinajstić information content (AvgIpc) is 2.92. The summed E-state index contributed by atoms with van der Waals surface area (Å²) < 4.78 is 0. The van der Waals surface area contributed by atoms with Gasteiger partial charge in [0.2, 0.25) is 11.8 Å². The highest BCUT2D eigenvalue weighted by atomic mass is 32.2. The predicted octanol–water partition coefficient (Wildman–Crippen LogP) is 2.80. The molecule has 1 saturated heterocycles. The number of carbonyl (C=O) groups excluding carboxylic acids is 2.